The summed E-state index contributed by atoms with van der Waals surface area (Å²) >= 11 is 0. The first-order valence-electron chi connectivity index (χ1n) is 10.4. The Morgan fingerprint density at radius 1 is 0.969 bits per heavy atom. The molecule has 1 fully saturated rings. The first-order valence-corrected chi connectivity index (χ1v) is 10.4. The van der Waals surface area contributed by atoms with Crippen molar-refractivity contribution >= 4 is 17.5 Å². The molecule has 0 spiro atoms. The highest BCUT2D eigenvalue weighted by Crippen LogP contribution is 2.29. The number of nitrogens with one attached hydrogen (secondary N) is 1. The highest BCUT2D eigenvalue weighted by molar-refractivity contribution is 5.91. The lowest BCUT2D eigenvalue weighted by Crippen LogP contribution is -2.50. The van der Waals surface area contributed by atoms with Gasteiger partial charge in [0.05, 0.1) is 25.6 Å². The Morgan fingerprint density at radius 3 is 2.38 bits per heavy atom. The summed E-state index contributed by atoms with van der Waals surface area (Å²) in [7, 11) is 3.15. The van der Waals surface area contributed by atoms with Crippen LogP contribution in [0.1, 0.15) is 11.4 Å². The van der Waals surface area contributed by atoms with E-state index < -0.39 is 0 Å². The second-order valence-electron chi connectivity index (χ2n) is 7.54. The average molecular weight is 438 g/mol. The third-order valence-corrected chi connectivity index (χ3v) is 5.41. The predicted octanol–water partition coefficient (Wildman–Crippen LogP) is 2.65. The van der Waals surface area contributed by atoms with E-state index in [0.29, 0.717) is 43.4 Å². The lowest BCUT2D eigenvalue weighted by Gasteiger charge is -2.35. The molecule has 1 saturated heterocycles. The molecule has 1 aromatic carbocycles. The van der Waals surface area contributed by atoms with Crippen molar-refractivity contribution in [2.75, 3.05) is 50.6 Å². The van der Waals surface area contributed by atoms with Gasteiger partial charge in [0.1, 0.15) is 23.6 Å². The van der Waals surface area contributed by atoms with Crippen molar-refractivity contribution in [1.29, 1.82) is 0 Å². The van der Waals surface area contributed by atoms with E-state index >= 15 is 0 Å². The third kappa shape index (κ3) is 4.43. The van der Waals surface area contributed by atoms with E-state index in [2.05, 4.69) is 25.3 Å². The minimum atomic E-state index is -0.167. The number of rotatable bonds is 5. The second-order valence-corrected chi connectivity index (χ2v) is 7.54. The molecule has 0 atom stereocenters. The van der Waals surface area contributed by atoms with Crippen molar-refractivity contribution in [3.63, 3.8) is 0 Å². The van der Waals surface area contributed by atoms with Gasteiger partial charge in [0.2, 0.25) is 0 Å². The first kappa shape index (κ1) is 21.4. The van der Waals surface area contributed by atoms with Gasteiger partial charge in [-0.1, -0.05) is 0 Å². The number of hydrogen-bond donors (Lipinski definition) is 1. The van der Waals surface area contributed by atoms with E-state index in [0.717, 1.165) is 23.0 Å². The lowest BCUT2D eigenvalue weighted by molar-refractivity contribution is 0.208. The van der Waals surface area contributed by atoms with E-state index in [4.69, 9.17) is 9.47 Å². The molecular formula is C22H27N7O3. The van der Waals surface area contributed by atoms with Crippen LogP contribution < -0.4 is 19.7 Å². The van der Waals surface area contributed by atoms with Gasteiger partial charge in [0.25, 0.3) is 0 Å². The number of carbonyl (C=O) groups is 1. The van der Waals surface area contributed by atoms with Crippen LogP contribution >= 0.6 is 0 Å². The summed E-state index contributed by atoms with van der Waals surface area (Å²) in [6.07, 6.45) is 1.55. The molecule has 1 N–H and O–H groups in total. The summed E-state index contributed by atoms with van der Waals surface area (Å²) in [5.41, 5.74) is 2.56. The molecule has 3 heterocycles. The molecular weight excluding hydrogens is 410 g/mol. The molecule has 10 nitrogen and oxygen atoms in total. The van der Waals surface area contributed by atoms with Gasteiger partial charge in [0.15, 0.2) is 5.82 Å². The first-order chi connectivity index (χ1) is 15.5. The number of amides is 2. The highest BCUT2D eigenvalue weighted by Gasteiger charge is 2.23. The normalized spacial score (nSPS) is 13.8. The van der Waals surface area contributed by atoms with Crippen molar-refractivity contribution in [3.8, 4) is 17.3 Å². The van der Waals surface area contributed by atoms with Crippen LogP contribution in [0.25, 0.3) is 5.82 Å². The number of nitrogens with zero attached hydrogens (tertiary/aromatic N) is 6. The van der Waals surface area contributed by atoms with Crippen LogP contribution in [0, 0.1) is 13.8 Å². The van der Waals surface area contributed by atoms with E-state index in [9.17, 15) is 4.79 Å². The summed E-state index contributed by atoms with van der Waals surface area (Å²) < 4.78 is 12.4. The molecule has 4 rings (SSSR count). The molecule has 0 aliphatic carbocycles. The Bertz CT molecular complexity index is 1110. The van der Waals surface area contributed by atoms with Crippen LogP contribution in [0.15, 0.2) is 36.7 Å². The van der Waals surface area contributed by atoms with Crippen molar-refractivity contribution in [3.05, 3.63) is 48.0 Å². The molecule has 0 unspecified atom stereocenters. The fraction of sp³-hybridized carbons (Fsp3) is 0.364. The lowest BCUT2D eigenvalue weighted by atomic mass is 10.2. The number of carbonyl (C=O) groups excluding carboxylic acids is 1. The Labute approximate surface area is 186 Å². The van der Waals surface area contributed by atoms with E-state index in [1.807, 2.05) is 30.7 Å². The summed E-state index contributed by atoms with van der Waals surface area (Å²) in [6.45, 7) is 6.43. The van der Waals surface area contributed by atoms with Gasteiger partial charge >= 0.3 is 6.03 Å². The highest BCUT2D eigenvalue weighted by atomic mass is 16.5. The van der Waals surface area contributed by atoms with Crippen LogP contribution in [0.2, 0.25) is 0 Å². The fourth-order valence-corrected chi connectivity index (χ4v) is 3.72. The summed E-state index contributed by atoms with van der Waals surface area (Å²) in [5.74, 6) is 2.76. The standard InChI is InChI=1S/C22H27N7O3/c1-15-11-16(2)29(26-15)21-13-20(23-14-24-21)27-7-9-28(10-8-27)22(30)25-18-6-5-17(31-3)12-19(18)32-4/h5-6,11-14H,7-10H2,1-4H3,(H,25,30). The number of piperazine rings is 1. The number of methoxy groups -OCH3 is 2. The Balaban J connectivity index is 1.40. The third-order valence-electron chi connectivity index (χ3n) is 5.41. The molecule has 2 aromatic heterocycles. The number of aryl methyl sites for hydroxylation is 2. The number of aromatic nitrogens is 4. The zero-order valence-electron chi connectivity index (χ0n) is 18.7. The van der Waals surface area contributed by atoms with E-state index in [-0.39, 0.29) is 6.03 Å². The smallest absolute Gasteiger partial charge is 0.322 e. The molecule has 0 saturated carbocycles. The van der Waals surface area contributed by atoms with Crippen molar-refractivity contribution < 1.29 is 14.3 Å². The molecule has 1 aliphatic rings. The Morgan fingerprint density at radius 2 is 1.72 bits per heavy atom. The number of ether oxygens (including phenoxy) is 2. The molecule has 168 valence electrons. The number of urea groups is 1. The summed E-state index contributed by atoms with van der Waals surface area (Å²) in [6, 6.07) is 9.06. The molecule has 32 heavy (non-hydrogen) atoms. The van der Waals surface area contributed by atoms with Gasteiger partial charge in [-0.15, -0.1) is 0 Å². The number of hydrogen-bond acceptors (Lipinski definition) is 7. The van der Waals surface area contributed by atoms with Gasteiger partial charge in [-0.05, 0) is 32.0 Å². The van der Waals surface area contributed by atoms with Gasteiger partial charge < -0.3 is 24.6 Å². The molecule has 2 amide bonds. The number of benzene rings is 1. The predicted molar refractivity (Wildman–Crippen MR) is 121 cm³/mol. The van der Waals surface area contributed by atoms with Crippen LogP contribution in [0.4, 0.5) is 16.3 Å². The molecule has 1 aliphatic heterocycles. The maximum atomic E-state index is 12.8. The monoisotopic (exact) mass is 437 g/mol. The quantitative estimate of drug-likeness (QED) is 0.655. The second kappa shape index (κ2) is 9.13. The van der Waals surface area contributed by atoms with Gasteiger partial charge in [-0.25, -0.2) is 19.4 Å². The van der Waals surface area contributed by atoms with Crippen LogP contribution in [0.3, 0.4) is 0 Å². The topological polar surface area (TPSA) is 97.6 Å². The summed E-state index contributed by atoms with van der Waals surface area (Å²) in [5, 5.41) is 7.42. The Hall–Kier alpha value is -3.82. The maximum absolute atomic E-state index is 12.8. The van der Waals surface area contributed by atoms with Crippen LogP contribution in [-0.4, -0.2) is 71.1 Å². The zero-order chi connectivity index (χ0) is 22.7. The van der Waals surface area contributed by atoms with Gasteiger partial charge in [-0.3, -0.25) is 0 Å². The molecule has 3 aromatic rings. The fourth-order valence-electron chi connectivity index (χ4n) is 3.72. The zero-order valence-corrected chi connectivity index (χ0v) is 18.7. The molecule has 10 heteroatoms. The summed E-state index contributed by atoms with van der Waals surface area (Å²) in [4.78, 5) is 25.5. The average Bonchev–Trinajstić information content (AvgIpc) is 3.17. The minimum absolute atomic E-state index is 0.167. The Kier molecular flexibility index (Phi) is 6.11. The van der Waals surface area contributed by atoms with E-state index in [1.54, 1.807) is 43.6 Å². The molecule has 0 radical (unpaired) electrons. The number of anilines is 2. The maximum Gasteiger partial charge on any atom is 0.322 e. The largest absolute Gasteiger partial charge is 0.497 e. The van der Waals surface area contributed by atoms with Crippen molar-refractivity contribution in [2.24, 2.45) is 0 Å². The van der Waals surface area contributed by atoms with E-state index in [1.165, 1.54) is 0 Å². The van der Waals surface area contributed by atoms with Crippen LogP contribution in [-0.2, 0) is 0 Å². The van der Waals surface area contributed by atoms with Crippen molar-refractivity contribution in [1.82, 2.24) is 24.6 Å². The van der Waals surface area contributed by atoms with Gasteiger partial charge in [-0.2, -0.15) is 5.10 Å². The van der Waals surface area contributed by atoms with Crippen molar-refractivity contribution in [2.45, 2.75) is 13.8 Å². The SMILES string of the molecule is COc1ccc(NC(=O)N2CCN(c3cc(-n4nc(C)cc4C)ncn3)CC2)c(OC)c1. The van der Waals surface area contributed by atoms with Crippen LogP contribution in [0.5, 0.6) is 11.5 Å². The van der Waals surface area contributed by atoms with Gasteiger partial charge in [0, 0.05) is 44.0 Å². The molecule has 0 bridgehead atoms. The minimum Gasteiger partial charge on any atom is -0.497 e.